The largest absolute Gasteiger partial charge is 0.350 e. The molecule has 3 aromatic rings. The van der Waals surface area contributed by atoms with E-state index in [1.54, 1.807) is 11.0 Å². The molecule has 170 valence electrons. The molecular weight excluding hydrogens is 414 g/mol. The average Bonchev–Trinajstić information content (AvgIpc) is 3.51. The Balaban J connectivity index is 1.32. The molecule has 2 heterocycles. The van der Waals surface area contributed by atoms with Crippen molar-refractivity contribution < 1.29 is 9.59 Å². The number of carbonyl (C=O) groups excluding carboxylic acids is 2. The molecule has 2 fully saturated rings. The minimum absolute atomic E-state index is 0.0308. The molecule has 0 bridgehead atoms. The Morgan fingerprint density at radius 1 is 0.970 bits per heavy atom. The van der Waals surface area contributed by atoms with E-state index in [0.29, 0.717) is 24.6 Å². The number of aromatic nitrogens is 3. The molecule has 5 rings (SSSR count). The number of rotatable bonds is 6. The molecule has 1 aromatic heterocycles. The van der Waals surface area contributed by atoms with Gasteiger partial charge in [0.25, 0.3) is 5.91 Å². The van der Waals surface area contributed by atoms with Gasteiger partial charge < -0.3 is 10.2 Å². The van der Waals surface area contributed by atoms with Crippen LogP contribution in [0.2, 0.25) is 0 Å². The van der Waals surface area contributed by atoms with Gasteiger partial charge in [-0.15, -0.1) is 0 Å². The van der Waals surface area contributed by atoms with Gasteiger partial charge in [0.2, 0.25) is 5.91 Å². The van der Waals surface area contributed by atoms with Crippen LogP contribution in [-0.2, 0) is 17.9 Å². The number of carbonyl (C=O) groups is 2. The van der Waals surface area contributed by atoms with Crippen LogP contribution in [-0.4, -0.2) is 43.6 Å². The van der Waals surface area contributed by atoms with Gasteiger partial charge in [-0.25, -0.2) is 9.67 Å². The van der Waals surface area contributed by atoms with Crippen molar-refractivity contribution in [3.05, 3.63) is 83.9 Å². The van der Waals surface area contributed by atoms with E-state index in [-0.39, 0.29) is 17.9 Å². The van der Waals surface area contributed by atoms with Crippen molar-refractivity contribution in [2.75, 3.05) is 0 Å². The van der Waals surface area contributed by atoms with Crippen LogP contribution in [0.25, 0.3) is 0 Å². The number of fused-ring (bicyclic) bond motifs is 1. The van der Waals surface area contributed by atoms with Gasteiger partial charge in [0, 0.05) is 18.2 Å². The molecule has 2 aromatic carbocycles. The van der Waals surface area contributed by atoms with Gasteiger partial charge in [0.05, 0.1) is 6.54 Å². The van der Waals surface area contributed by atoms with Crippen LogP contribution in [0.15, 0.2) is 67.3 Å². The van der Waals surface area contributed by atoms with E-state index in [9.17, 15) is 9.59 Å². The van der Waals surface area contributed by atoms with Crippen molar-refractivity contribution in [2.24, 2.45) is 5.92 Å². The summed E-state index contributed by atoms with van der Waals surface area (Å²) >= 11 is 0. The Labute approximate surface area is 193 Å². The van der Waals surface area contributed by atoms with Crippen LogP contribution in [0.3, 0.4) is 0 Å². The number of nitrogens with zero attached hydrogens (tertiary/aromatic N) is 4. The fraction of sp³-hybridized carbons (Fsp3) is 0.385. The predicted molar refractivity (Wildman–Crippen MR) is 124 cm³/mol. The first-order valence-corrected chi connectivity index (χ1v) is 11.8. The van der Waals surface area contributed by atoms with E-state index in [1.165, 1.54) is 12.7 Å². The Hall–Kier alpha value is -3.48. The zero-order valence-electron chi connectivity index (χ0n) is 18.6. The maximum atomic E-state index is 13.5. The molecule has 1 aliphatic heterocycles. The molecule has 0 radical (unpaired) electrons. The summed E-state index contributed by atoms with van der Waals surface area (Å²) in [5.74, 6) is 0.308. The molecule has 33 heavy (non-hydrogen) atoms. The maximum absolute atomic E-state index is 13.5. The third-order valence-electron chi connectivity index (χ3n) is 7.02. The summed E-state index contributed by atoms with van der Waals surface area (Å²) in [5, 5.41) is 7.31. The van der Waals surface area contributed by atoms with Gasteiger partial charge in [0.1, 0.15) is 18.7 Å². The van der Waals surface area contributed by atoms with Gasteiger partial charge in [-0.3, -0.25) is 9.59 Å². The van der Waals surface area contributed by atoms with Crippen molar-refractivity contribution in [3.63, 3.8) is 0 Å². The summed E-state index contributed by atoms with van der Waals surface area (Å²) in [7, 11) is 0. The smallest absolute Gasteiger partial charge is 0.254 e. The Morgan fingerprint density at radius 3 is 2.52 bits per heavy atom. The summed E-state index contributed by atoms with van der Waals surface area (Å²) in [5.41, 5.74) is 2.78. The Bertz CT molecular complexity index is 1100. The van der Waals surface area contributed by atoms with Crippen LogP contribution in [0, 0.1) is 5.92 Å². The van der Waals surface area contributed by atoms with Crippen LogP contribution in [0.1, 0.15) is 53.6 Å². The van der Waals surface area contributed by atoms with Crippen molar-refractivity contribution >= 4 is 11.8 Å². The molecule has 3 unspecified atom stereocenters. The second-order valence-electron chi connectivity index (χ2n) is 9.02. The average molecular weight is 444 g/mol. The molecule has 1 N–H and O–H groups in total. The summed E-state index contributed by atoms with van der Waals surface area (Å²) < 4.78 is 1.77. The molecule has 1 saturated heterocycles. The number of amides is 2. The van der Waals surface area contributed by atoms with Crippen LogP contribution < -0.4 is 5.32 Å². The number of hydrogen-bond donors (Lipinski definition) is 1. The molecular formula is C26H29N5O2. The first-order chi connectivity index (χ1) is 16.2. The lowest BCUT2D eigenvalue weighted by molar-refractivity contribution is -0.125. The quantitative estimate of drug-likeness (QED) is 0.633. The first kappa shape index (κ1) is 21.4. The van der Waals surface area contributed by atoms with E-state index < -0.39 is 6.04 Å². The van der Waals surface area contributed by atoms with Crippen LogP contribution in [0.5, 0.6) is 0 Å². The van der Waals surface area contributed by atoms with Crippen molar-refractivity contribution in [1.29, 1.82) is 0 Å². The lowest BCUT2D eigenvalue weighted by Crippen LogP contribution is -2.49. The molecule has 7 heteroatoms. The minimum atomic E-state index is -0.423. The van der Waals surface area contributed by atoms with E-state index in [2.05, 4.69) is 15.4 Å². The molecule has 2 amide bonds. The number of benzene rings is 2. The molecule has 1 saturated carbocycles. The minimum Gasteiger partial charge on any atom is -0.350 e. The highest BCUT2D eigenvalue weighted by Crippen LogP contribution is 2.40. The van der Waals surface area contributed by atoms with Gasteiger partial charge >= 0.3 is 0 Å². The second-order valence-corrected chi connectivity index (χ2v) is 9.02. The lowest BCUT2D eigenvalue weighted by atomic mass is 9.84. The standard InChI is InChI=1S/C26H29N5O2/c32-25(28-15-21-11-4-5-12-22(21)16-30-18-27-17-29-30)24-14-20-10-6-7-13-23(20)31(24)26(33)19-8-2-1-3-9-19/h1-5,8-9,11-12,17-18,20,23-24H,6-7,10,13-16H2,(H,28,32). The molecule has 1 aliphatic carbocycles. The molecule has 3 atom stereocenters. The fourth-order valence-electron chi connectivity index (χ4n) is 5.39. The highest BCUT2D eigenvalue weighted by Gasteiger charge is 2.47. The number of likely N-dealkylation sites (tertiary alicyclic amines) is 1. The Kier molecular flexibility index (Phi) is 6.19. The summed E-state index contributed by atoms with van der Waals surface area (Å²) in [4.78, 5) is 32.7. The van der Waals surface area contributed by atoms with E-state index >= 15 is 0 Å². The first-order valence-electron chi connectivity index (χ1n) is 11.8. The third-order valence-corrected chi connectivity index (χ3v) is 7.02. The van der Waals surface area contributed by atoms with Crippen molar-refractivity contribution in [2.45, 2.75) is 57.3 Å². The monoisotopic (exact) mass is 443 g/mol. The maximum Gasteiger partial charge on any atom is 0.254 e. The SMILES string of the molecule is O=C(NCc1ccccc1Cn1cncn1)C1CC2CCCCC2N1C(=O)c1ccccc1. The molecule has 7 nitrogen and oxygen atoms in total. The lowest BCUT2D eigenvalue weighted by Gasteiger charge is -2.33. The summed E-state index contributed by atoms with van der Waals surface area (Å²) in [6.07, 6.45) is 8.31. The molecule has 0 spiro atoms. The van der Waals surface area contributed by atoms with E-state index in [4.69, 9.17) is 0 Å². The van der Waals surface area contributed by atoms with E-state index in [1.807, 2.05) is 59.5 Å². The number of hydrogen-bond acceptors (Lipinski definition) is 4. The van der Waals surface area contributed by atoms with E-state index in [0.717, 1.165) is 36.8 Å². The highest BCUT2D eigenvalue weighted by atomic mass is 16.2. The fourth-order valence-corrected chi connectivity index (χ4v) is 5.39. The zero-order chi connectivity index (χ0) is 22.6. The van der Waals surface area contributed by atoms with Crippen molar-refractivity contribution in [3.8, 4) is 0 Å². The molecule has 2 aliphatic rings. The normalized spacial score (nSPS) is 22.1. The van der Waals surface area contributed by atoms with Crippen LogP contribution in [0.4, 0.5) is 0 Å². The van der Waals surface area contributed by atoms with Crippen molar-refractivity contribution in [1.82, 2.24) is 25.0 Å². The van der Waals surface area contributed by atoms with Gasteiger partial charge in [0.15, 0.2) is 0 Å². The zero-order valence-corrected chi connectivity index (χ0v) is 18.6. The topological polar surface area (TPSA) is 80.1 Å². The predicted octanol–water partition coefficient (Wildman–Crippen LogP) is 3.42. The highest BCUT2D eigenvalue weighted by molar-refractivity contribution is 5.98. The summed E-state index contributed by atoms with van der Waals surface area (Å²) in [6, 6.07) is 17.1. The van der Waals surface area contributed by atoms with Crippen LogP contribution >= 0.6 is 0 Å². The number of nitrogens with one attached hydrogen (secondary N) is 1. The van der Waals surface area contributed by atoms with Gasteiger partial charge in [-0.2, -0.15) is 5.10 Å². The summed E-state index contributed by atoms with van der Waals surface area (Å²) in [6.45, 7) is 1.02. The van der Waals surface area contributed by atoms with Gasteiger partial charge in [-0.05, 0) is 48.4 Å². The second kappa shape index (κ2) is 9.57. The van der Waals surface area contributed by atoms with Gasteiger partial charge in [-0.1, -0.05) is 55.3 Å². The third kappa shape index (κ3) is 4.53. The Morgan fingerprint density at radius 2 is 1.73 bits per heavy atom.